The maximum absolute atomic E-state index is 10.6. The molecule has 0 spiro atoms. The summed E-state index contributed by atoms with van der Waals surface area (Å²) >= 11 is 1.64. The second-order valence-electron chi connectivity index (χ2n) is 4.53. The minimum atomic E-state index is -0.807. The summed E-state index contributed by atoms with van der Waals surface area (Å²) in [6, 6.07) is 4.03. The third kappa shape index (κ3) is 3.64. The molecule has 0 fully saturated rings. The van der Waals surface area contributed by atoms with Gasteiger partial charge in [-0.25, -0.2) is 0 Å². The van der Waals surface area contributed by atoms with Crippen molar-refractivity contribution >= 4 is 17.3 Å². The van der Waals surface area contributed by atoms with E-state index in [0.29, 0.717) is 18.2 Å². The van der Waals surface area contributed by atoms with Crippen molar-refractivity contribution in [1.82, 2.24) is 10.2 Å². The van der Waals surface area contributed by atoms with Crippen LogP contribution in [0.4, 0.5) is 0 Å². The predicted molar refractivity (Wildman–Crippen MR) is 72.1 cm³/mol. The van der Waals surface area contributed by atoms with Crippen LogP contribution in [0.25, 0.3) is 10.8 Å². The van der Waals surface area contributed by atoms with E-state index in [4.69, 9.17) is 9.52 Å². The van der Waals surface area contributed by atoms with Gasteiger partial charge in [0, 0.05) is 17.7 Å². The van der Waals surface area contributed by atoms with E-state index in [0.717, 1.165) is 11.3 Å². The number of hydrogen-bond acceptors (Lipinski definition) is 5. The highest BCUT2D eigenvalue weighted by atomic mass is 32.1. The van der Waals surface area contributed by atoms with Gasteiger partial charge in [-0.05, 0) is 24.5 Å². The zero-order chi connectivity index (χ0) is 13.8. The minimum Gasteiger partial charge on any atom is -0.481 e. The van der Waals surface area contributed by atoms with Crippen molar-refractivity contribution in [2.75, 3.05) is 0 Å². The zero-order valence-electron chi connectivity index (χ0n) is 10.9. The molecule has 2 heterocycles. The molecule has 0 aliphatic heterocycles. The fraction of sp³-hybridized carbons (Fsp3) is 0.462. The summed E-state index contributed by atoms with van der Waals surface area (Å²) in [6.45, 7) is 3.96. The van der Waals surface area contributed by atoms with Crippen LogP contribution in [0.1, 0.15) is 31.0 Å². The molecule has 0 aromatic carbocycles. The number of nitrogens with zero attached hydrogens (tertiary/aromatic N) is 2. The summed E-state index contributed by atoms with van der Waals surface area (Å²) in [5, 5.41) is 16.7. The molecule has 0 saturated carbocycles. The van der Waals surface area contributed by atoms with Crippen LogP contribution in [-0.2, 0) is 17.6 Å². The van der Waals surface area contributed by atoms with E-state index >= 15 is 0 Å². The lowest BCUT2D eigenvalue weighted by Crippen LogP contribution is -2.07. The summed E-state index contributed by atoms with van der Waals surface area (Å²) in [6.07, 6.45) is 1.59. The summed E-state index contributed by atoms with van der Waals surface area (Å²) in [4.78, 5) is 12.8. The van der Waals surface area contributed by atoms with E-state index in [1.165, 1.54) is 4.88 Å². The number of carbonyl (C=O) groups is 1. The molecule has 102 valence electrons. The standard InChI is InChI=1S/C13H16N2O3S/c1-3-9-4-5-10(19-9)13-15-14-11(18-13)6-8(2)7-12(16)17/h4-5,8H,3,6-7H2,1-2H3,(H,16,17). The Morgan fingerprint density at radius 1 is 1.47 bits per heavy atom. The van der Waals surface area contributed by atoms with Crippen LogP contribution in [0.3, 0.4) is 0 Å². The molecule has 6 heteroatoms. The van der Waals surface area contributed by atoms with Crippen molar-refractivity contribution in [3.05, 3.63) is 22.9 Å². The normalized spacial score (nSPS) is 12.5. The molecule has 1 N–H and O–H groups in total. The van der Waals surface area contributed by atoms with Crippen LogP contribution in [0.15, 0.2) is 16.5 Å². The molecule has 0 aliphatic carbocycles. The van der Waals surface area contributed by atoms with Crippen LogP contribution in [0, 0.1) is 5.92 Å². The maximum Gasteiger partial charge on any atom is 0.303 e. The van der Waals surface area contributed by atoms with Crippen LogP contribution >= 0.6 is 11.3 Å². The van der Waals surface area contributed by atoms with Gasteiger partial charge in [0.05, 0.1) is 4.88 Å². The van der Waals surface area contributed by atoms with E-state index in [2.05, 4.69) is 23.2 Å². The van der Waals surface area contributed by atoms with Crippen LogP contribution in [-0.4, -0.2) is 21.3 Å². The number of hydrogen-bond donors (Lipinski definition) is 1. The topological polar surface area (TPSA) is 76.2 Å². The first-order valence-corrected chi connectivity index (χ1v) is 7.03. The third-order valence-electron chi connectivity index (χ3n) is 2.73. The Morgan fingerprint density at radius 2 is 2.26 bits per heavy atom. The van der Waals surface area contributed by atoms with Crippen molar-refractivity contribution in [1.29, 1.82) is 0 Å². The Kier molecular flexibility index (Phi) is 4.31. The van der Waals surface area contributed by atoms with Gasteiger partial charge in [0.15, 0.2) is 0 Å². The third-order valence-corrected chi connectivity index (χ3v) is 3.95. The molecule has 0 amide bonds. The van der Waals surface area contributed by atoms with Gasteiger partial charge in [0.1, 0.15) is 0 Å². The van der Waals surface area contributed by atoms with Gasteiger partial charge in [0.2, 0.25) is 5.89 Å². The Labute approximate surface area is 115 Å². The number of carboxylic acid groups (broad SMARTS) is 1. The van der Waals surface area contributed by atoms with Crippen molar-refractivity contribution in [3.63, 3.8) is 0 Å². The smallest absolute Gasteiger partial charge is 0.303 e. The van der Waals surface area contributed by atoms with Crippen molar-refractivity contribution in [3.8, 4) is 10.8 Å². The number of aromatic nitrogens is 2. The zero-order valence-corrected chi connectivity index (χ0v) is 11.7. The lowest BCUT2D eigenvalue weighted by atomic mass is 10.0. The molecule has 2 aromatic rings. The molecular formula is C13H16N2O3S. The first-order valence-electron chi connectivity index (χ1n) is 6.21. The number of aliphatic carboxylic acids is 1. The molecule has 0 radical (unpaired) electrons. The lowest BCUT2D eigenvalue weighted by Gasteiger charge is -2.03. The Bertz CT molecular complexity index is 562. The Hall–Kier alpha value is -1.69. The summed E-state index contributed by atoms with van der Waals surface area (Å²) < 4.78 is 5.58. The summed E-state index contributed by atoms with van der Waals surface area (Å²) in [7, 11) is 0. The van der Waals surface area contributed by atoms with Gasteiger partial charge < -0.3 is 9.52 Å². The van der Waals surface area contributed by atoms with Crippen LogP contribution in [0.2, 0.25) is 0 Å². The van der Waals surface area contributed by atoms with Gasteiger partial charge in [-0.15, -0.1) is 21.5 Å². The molecule has 2 rings (SSSR count). The quantitative estimate of drug-likeness (QED) is 0.880. The highest BCUT2D eigenvalue weighted by Crippen LogP contribution is 2.27. The molecule has 2 aromatic heterocycles. The van der Waals surface area contributed by atoms with Crippen molar-refractivity contribution < 1.29 is 14.3 Å². The van der Waals surface area contributed by atoms with E-state index < -0.39 is 5.97 Å². The lowest BCUT2D eigenvalue weighted by molar-refractivity contribution is -0.137. The van der Waals surface area contributed by atoms with Gasteiger partial charge in [-0.2, -0.15) is 0 Å². The van der Waals surface area contributed by atoms with Crippen molar-refractivity contribution in [2.24, 2.45) is 5.92 Å². The van der Waals surface area contributed by atoms with E-state index in [-0.39, 0.29) is 12.3 Å². The number of thiophene rings is 1. The van der Waals surface area contributed by atoms with Gasteiger partial charge >= 0.3 is 5.97 Å². The van der Waals surface area contributed by atoms with Crippen LogP contribution < -0.4 is 0 Å². The molecule has 5 nitrogen and oxygen atoms in total. The molecule has 19 heavy (non-hydrogen) atoms. The Morgan fingerprint density at radius 3 is 2.89 bits per heavy atom. The monoisotopic (exact) mass is 280 g/mol. The minimum absolute atomic E-state index is 0.0136. The van der Waals surface area contributed by atoms with Crippen molar-refractivity contribution in [2.45, 2.75) is 33.1 Å². The van der Waals surface area contributed by atoms with Gasteiger partial charge in [0.25, 0.3) is 5.89 Å². The highest BCUT2D eigenvalue weighted by Gasteiger charge is 2.15. The molecule has 0 bridgehead atoms. The van der Waals surface area contributed by atoms with E-state index in [1.807, 2.05) is 13.0 Å². The van der Waals surface area contributed by atoms with E-state index in [9.17, 15) is 4.79 Å². The average molecular weight is 280 g/mol. The van der Waals surface area contributed by atoms with Crippen LogP contribution in [0.5, 0.6) is 0 Å². The molecule has 1 unspecified atom stereocenters. The fourth-order valence-corrected chi connectivity index (χ4v) is 2.66. The molecule has 0 aliphatic rings. The number of carboxylic acids is 1. The summed E-state index contributed by atoms with van der Waals surface area (Å²) in [5.74, 6) is 0.191. The highest BCUT2D eigenvalue weighted by molar-refractivity contribution is 7.15. The molecular weight excluding hydrogens is 264 g/mol. The number of aryl methyl sites for hydroxylation is 1. The maximum atomic E-state index is 10.6. The van der Waals surface area contributed by atoms with Gasteiger partial charge in [-0.3, -0.25) is 4.79 Å². The fourth-order valence-electron chi connectivity index (χ4n) is 1.79. The average Bonchev–Trinajstić information content (AvgIpc) is 2.95. The summed E-state index contributed by atoms with van der Waals surface area (Å²) in [5.41, 5.74) is 0. The largest absolute Gasteiger partial charge is 0.481 e. The first-order chi connectivity index (χ1) is 9.08. The Balaban J connectivity index is 2.04. The van der Waals surface area contributed by atoms with Gasteiger partial charge in [-0.1, -0.05) is 13.8 Å². The number of rotatable bonds is 6. The predicted octanol–water partition coefficient (Wildman–Crippen LogP) is 3.01. The second-order valence-corrected chi connectivity index (χ2v) is 5.70. The SMILES string of the molecule is CCc1ccc(-c2nnc(CC(C)CC(=O)O)o2)s1. The first kappa shape index (κ1) is 13.7. The molecule has 0 saturated heterocycles. The van der Waals surface area contributed by atoms with E-state index in [1.54, 1.807) is 11.3 Å². The second kappa shape index (κ2) is 5.97. The molecule has 1 atom stereocenters.